The number of hydrogen-bond donors (Lipinski definition) is 0. The fourth-order valence-electron chi connectivity index (χ4n) is 1.57. The molecule has 1 aromatic heterocycles. The number of nitrogens with zero attached hydrogens (tertiary/aromatic N) is 2. The molecule has 0 bridgehead atoms. The van der Waals surface area contributed by atoms with E-state index in [4.69, 9.17) is 21.1 Å². The number of pyridine rings is 1. The van der Waals surface area contributed by atoms with Gasteiger partial charge in [-0.25, -0.2) is 4.98 Å². The lowest BCUT2D eigenvalue weighted by Gasteiger charge is -2.26. The van der Waals surface area contributed by atoms with E-state index in [0.717, 1.165) is 32.8 Å². The van der Waals surface area contributed by atoms with E-state index >= 15 is 0 Å². The molecule has 88 valence electrons. The number of rotatable bonds is 4. The molecule has 1 aliphatic heterocycles. The monoisotopic (exact) mass is 242 g/mol. The Morgan fingerprint density at radius 2 is 2.25 bits per heavy atom. The van der Waals surface area contributed by atoms with E-state index < -0.39 is 0 Å². The maximum Gasteiger partial charge on any atom is 0.232 e. The van der Waals surface area contributed by atoms with Crippen molar-refractivity contribution in [2.45, 2.75) is 0 Å². The second kappa shape index (κ2) is 6.03. The highest BCUT2D eigenvalue weighted by molar-refractivity contribution is 6.31. The maximum absolute atomic E-state index is 5.92. The molecule has 1 saturated heterocycles. The Hall–Kier alpha value is -0.840. The maximum atomic E-state index is 5.92. The fourth-order valence-corrected chi connectivity index (χ4v) is 1.75. The van der Waals surface area contributed by atoms with Crippen LogP contribution < -0.4 is 4.74 Å². The van der Waals surface area contributed by atoms with Gasteiger partial charge in [0.15, 0.2) is 0 Å². The Balaban J connectivity index is 1.73. The average molecular weight is 243 g/mol. The predicted octanol–water partition coefficient (Wildman–Crippen LogP) is 1.45. The van der Waals surface area contributed by atoms with Crippen LogP contribution in [0.15, 0.2) is 18.3 Å². The molecular weight excluding hydrogens is 228 g/mol. The zero-order valence-electron chi connectivity index (χ0n) is 9.06. The number of morpholine rings is 1. The number of ether oxygens (including phenoxy) is 2. The molecular formula is C11H15ClN2O2. The first-order valence-corrected chi connectivity index (χ1v) is 5.77. The average Bonchev–Trinajstić information content (AvgIpc) is 2.33. The molecule has 0 N–H and O–H groups in total. The highest BCUT2D eigenvalue weighted by Gasteiger charge is 2.10. The largest absolute Gasteiger partial charge is 0.475 e. The first kappa shape index (κ1) is 11.6. The van der Waals surface area contributed by atoms with Gasteiger partial charge in [-0.15, -0.1) is 0 Å². The van der Waals surface area contributed by atoms with E-state index in [2.05, 4.69) is 9.88 Å². The highest BCUT2D eigenvalue weighted by Crippen LogP contribution is 2.19. The van der Waals surface area contributed by atoms with Crippen LogP contribution in [0.4, 0.5) is 0 Å². The summed E-state index contributed by atoms with van der Waals surface area (Å²) in [6.45, 7) is 5.06. The van der Waals surface area contributed by atoms with E-state index in [1.807, 2.05) is 0 Å². The molecule has 2 heterocycles. The lowest BCUT2D eigenvalue weighted by atomic mass is 10.4. The molecule has 2 rings (SSSR count). The Morgan fingerprint density at radius 1 is 1.44 bits per heavy atom. The molecule has 0 radical (unpaired) electrons. The lowest BCUT2D eigenvalue weighted by Crippen LogP contribution is -2.38. The van der Waals surface area contributed by atoms with Gasteiger partial charge >= 0.3 is 0 Å². The first-order valence-electron chi connectivity index (χ1n) is 5.39. The van der Waals surface area contributed by atoms with Crippen LogP contribution in [-0.2, 0) is 4.74 Å². The summed E-state index contributed by atoms with van der Waals surface area (Å²) >= 11 is 5.92. The standard InChI is InChI=1S/C11H15ClN2O2/c12-10-2-1-3-13-11(10)16-9-6-14-4-7-15-8-5-14/h1-3H,4-9H2. The minimum absolute atomic E-state index is 0.512. The summed E-state index contributed by atoms with van der Waals surface area (Å²) in [6.07, 6.45) is 1.68. The minimum Gasteiger partial charge on any atom is -0.475 e. The van der Waals surface area contributed by atoms with Crippen molar-refractivity contribution in [1.29, 1.82) is 0 Å². The van der Waals surface area contributed by atoms with Gasteiger partial charge in [0.25, 0.3) is 0 Å². The van der Waals surface area contributed by atoms with Crippen molar-refractivity contribution < 1.29 is 9.47 Å². The van der Waals surface area contributed by atoms with Gasteiger partial charge in [0.05, 0.1) is 13.2 Å². The molecule has 1 fully saturated rings. The van der Waals surface area contributed by atoms with Crippen molar-refractivity contribution in [3.8, 4) is 5.88 Å². The summed E-state index contributed by atoms with van der Waals surface area (Å²) in [4.78, 5) is 6.37. The lowest BCUT2D eigenvalue weighted by molar-refractivity contribution is 0.0320. The molecule has 0 amide bonds. The molecule has 5 heteroatoms. The van der Waals surface area contributed by atoms with Crippen LogP contribution in [0.1, 0.15) is 0 Å². The van der Waals surface area contributed by atoms with Gasteiger partial charge < -0.3 is 9.47 Å². The number of halogens is 1. The van der Waals surface area contributed by atoms with Gasteiger partial charge in [0.1, 0.15) is 11.6 Å². The van der Waals surface area contributed by atoms with Gasteiger partial charge in [0, 0.05) is 25.8 Å². The molecule has 1 aliphatic rings. The Morgan fingerprint density at radius 3 is 3.00 bits per heavy atom. The van der Waals surface area contributed by atoms with Gasteiger partial charge in [-0.05, 0) is 12.1 Å². The summed E-state index contributed by atoms with van der Waals surface area (Å²) in [5.74, 6) is 0.512. The second-order valence-electron chi connectivity index (χ2n) is 3.59. The number of hydrogen-bond acceptors (Lipinski definition) is 4. The normalized spacial score (nSPS) is 17.3. The Kier molecular flexibility index (Phi) is 4.39. The molecule has 4 nitrogen and oxygen atoms in total. The quantitative estimate of drug-likeness (QED) is 0.801. The summed E-state index contributed by atoms with van der Waals surface area (Å²) in [6, 6.07) is 3.57. The highest BCUT2D eigenvalue weighted by atomic mass is 35.5. The molecule has 1 aromatic rings. The Bertz CT molecular complexity index is 330. The van der Waals surface area contributed by atoms with Crippen LogP contribution in [0, 0.1) is 0 Å². The second-order valence-corrected chi connectivity index (χ2v) is 4.00. The van der Waals surface area contributed by atoms with Crippen molar-refractivity contribution in [3.63, 3.8) is 0 Å². The van der Waals surface area contributed by atoms with Gasteiger partial charge in [0.2, 0.25) is 5.88 Å². The third-order valence-electron chi connectivity index (χ3n) is 2.47. The van der Waals surface area contributed by atoms with Crippen LogP contribution in [-0.4, -0.2) is 49.3 Å². The third-order valence-corrected chi connectivity index (χ3v) is 2.76. The molecule has 0 aromatic carbocycles. The third kappa shape index (κ3) is 3.33. The van der Waals surface area contributed by atoms with E-state index in [0.29, 0.717) is 17.5 Å². The van der Waals surface area contributed by atoms with E-state index in [9.17, 15) is 0 Å². The SMILES string of the molecule is Clc1cccnc1OCCN1CCOCC1. The molecule has 0 spiro atoms. The minimum atomic E-state index is 0.512. The summed E-state index contributed by atoms with van der Waals surface area (Å²) in [5, 5.41) is 0.560. The fraction of sp³-hybridized carbons (Fsp3) is 0.545. The molecule has 0 aliphatic carbocycles. The van der Waals surface area contributed by atoms with Crippen LogP contribution in [0.25, 0.3) is 0 Å². The van der Waals surface area contributed by atoms with Gasteiger partial charge in [-0.3, -0.25) is 4.90 Å². The predicted molar refractivity (Wildman–Crippen MR) is 62.0 cm³/mol. The molecule has 0 atom stereocenters. The topological polar surface area (TPSA) is 34.6 Å². The van der Waals surface area contributed by atoms with Gasteiger partial charge in [-0.1, -0.05) is 11.6 Å². The molecule has 16 heavy (non-hydrogen) atoms. The van der Waals surface area contributed by atoms with Crippen LogP contribution >= 0.6 is 11.6 Å². The molecule has 0 saturated carbocycles. The number of aromatic nitrogens is 1. The van der Waals surface area contributed by atoms with E-state index in [1.54, 1.807) is 18.3 Å². The molecule has 0 unspecified atom stereocenters. The van der Waals surface area contributed by atoms with Crippen molar-refractivity contribution >= 4 is 11.6 Å². The van der Waals surface area contributed by atoms with E-state index in [1.165, 1.54) is 0 Å². The zero-order valence-corrected chi connectivity index (χ0v) is 9.82. The van der Waals surface area contributed by atoms with Crippen LogP contribution in [0.5, 0.6) is 5.88 Å². The van der Waals surface area contributed by atoms with Crippen molar-refractivity contribution in [2.75, 3.05) is 39.5 Å². The van der Waals surface area contributed by atoms with Crippen LogP contribution in [0.2, 0.25) is 5.02 Å². The van der Waals surface area contributed by atoms with Crippen LogP contribution in [0.3, 0.4) is 0 Å². The summed E-state index contributed by atoms with van der Waals surface area (Å²) in [7, 11) is 0. The smallest absolute Gasteiger partial charge is 0.232 e. The first-order chi connectivity index (χ1) is 7.86. The van der Waals surface area contributed by atoms with Crippen molar-refractivity contribution in [3.05, 3.63) is 23.4 Å². The van der Waals surface area contributed by atoms with E-state index in [-0.39, 0.29) is 0 Å². The zero-order chi connectivity index (χ0) is 11.2. The Labute approximate surface area is 100 Å². The summed E-state index contributed by atoms with van der Waals surface area (Å²) < 4.78 is 10.8. The van der Waals surface area contributed by atoms with Crippen molar-refractivity contribution in [1.82, 2.24) is 9.88 Å². The summed E-state index contributed by atoms with van der Waals surface area (Å²) in [5.41, 5.74) is 0. The van der Waals surface area contributed by atoms with Crippen molar-refractivity contribution in [2.24, 2.45) is 0 Å². The van der Waals surface area contributed by atoms with Gasteiger partial charge in [-0.2, -0.15) is 0 Å².